The van der Waals surface area contributed by atoms with Gasteiger partial charge in [-0.15, -0.1) is 5.10 Å². The molecule has 1 atom stereocenters. The van der Waals surface area contributed by atoms with Crippen LogP contribution in [0.3, 0.4) is 0 Å². The van der Waals surface area contributed by atoms with Gasteiger partial charge in [-0.3, -0.25) is 9.48 Å². The Kier molecular flexibility index (Phi) is 3.82. The summed E-state index contributed by atoms with van der Waals surface area (Å²) < 4.78 is 12.3. The van der Waals surface area contributed by atoms with Crippen LogP contribution in [0.25, 0.3) is 0 Å². The zero-order valence-electron chi connectivity index (χ0n) is 13.4. The van der Waals surface area contributed by atoms with Crippen molar-refractivity contribution < 1.29 is 14.3 Å². The number of rotatable bonds is 5. The molecule has 23 heavy (non-hydrogen) atoms. The Morgan fingerprint density at radius 3 is 2.87 bits per heavy atom. The van der Waals surface area contributed by atoms with Gasteiger partial charge in [0.1, 0.15) is 0 Å². The number of carbonyl (C=O) groups excluding carboxylic acids is 1. The maximum Gasteiger partial charge on any atom is 0.276 e. The number of nitrogens with one attached hydrogen (secondary N) is 1. The first-order valence-electron chi connectivity index (χ1n) is 8.22. The SMILES string of the molecule is CC1(Cn2cc(C(=O)N3CC(NC4CCOC4)C3)nn2)COC1. The van der Waals surface area contributed by atoms with E-state index < -0.39 is 0 Å². The monoisotopic (exact) mass is 321 g/mol. The van der Waals surface area contributed by atoms with E-state index in [2.05, 4.69) is 22.6 Å². The number of hydrogen-bond acceptors (Lipinski definition) is 6. The standard InChI is InChI=1S/C15H23N5O3/c1-15(9-23-10-15)8-20-6-13(17-18-20)14(21)19-4-12(5-19)16-11-2-3-22-7-11/h6,11-12,16H,2-5,7-10H2,1H3. The summed E-state index contributed by atoms with van der Waals surface area (Å²) in [6, 6.07) is 0.801. The molecule has 4 rings (SSSR count). The molecule has 3 aliphatic rings. The second kappa shape index (κ2) is 5.85. The molecule has 126 valence electrons. The fourth-order valence-corrected chi connectivity index (χ4v) is 3.32. The lowest BCUT2D eigenvalue weighted by Gasteiger charge is -2.40. The molecule has 0 radical (unpaired) electrons. The van der Waals surface area contributed by atoms with Gasteiger partial charge in [-0.25, -0.2) is 0 Å². The largest absolute Gasteiger partial charge is 0.380 e. The van der Waals surface area contributed by atoms with Gasteiger partial charge in [-0.1, -0.05) is 12.1 Å². The van der Waals surface area contributed by atoms with Crippen LogP contribution >= 0.6 is 0 Å². The normalized spacial score (nSPS) is 26.8. The molecule has 0 bridgehead atoms. The van der Waals surface area contributed by atoms with E-state index in [4.69, 9.17) is 9.47 Å². The molecule has 0 spiro atoms. The lowest BCUT2D eigenvalue weighted by molar-refractivity contribution is -0.111. The van der Waals surface area contributed by atoms with Crippen molar-refractivity contribution in [1.29, 1.82) is 0 Å². The zero-order chi connectivity index (χ0) is 15.9. The van der Waals surface area contributed by atoms with Crippen molar-refractivity contribution in [2.45, 2.75) is 32.0 Å². The first kappa shape index (κ1) is 15.0. The highest BCUT2D eigenvalue weighted by molar-refractivity contribution is 5.92. The molecular weight excluding hydrogens is 298 g/mol. The van der Waals surface area contributed by atoms with Crippen molar-refractivity contribution in [1.82, 2.24) is 25.2 Å². The van der Waals surface area contributed by atoms with Gasteiger partial charge in [0.15, 0.2) is 5.69 Å². The van der Waals surface area contributed by atoms with Crippen LogP contribution in [0.1, 0.15) is 23.8 Å². The fourth-order valence-electron chi connectivity index (χ4n) is 3.32. The number of likely N-dealkylation sites (tertiary alicyclic amines) is 1. The third-order valence-electron chi connectivity index (χ3n) is 4.77. The van der Waals surface area contributed by atoms with E-state index in [1.807, 2.05) is 4.90 Å². The Labute approximate surface area is 135 Å². The van der Waals surface area contributed by atoms with Gasteiger partial charge in [0.25, 0.3) is 5.91 Å². The average molecular weight is 321 g/mol. The molecule has 4 heterocycles. The maximum absolute atomic E-state index is 12.4. The molecule has 1 aromatic heterocycles. The molecule has 0 aromatic carbocycles. The van der Waals surface area contributed by atoms with Gasteiger partial charge in [-0.2, -0.15) is 0 Å². The van der Waals surface area contributed by atoms with Gasteiger partial charge >= 0.3 is 0 Å². The van der Waals surface area contributed by atoms with Gasteiger partial charge in [0, 0.05) is 37.2 Å². The van der Waals surface area contributed by atoms with Crippen molar-refractivity contribution >= 4 is 5.91 Å². The van der Waals surface area contributed by atoms with Crippen molar-refractivity contribution in [3.8, 4) is 0 Å². The fraction of sp³-hybridized carbons (Fsp3) is 0.800. The summed E-state index contributed by atoms with van der Waals surface area (Å²) in [6.45, 7) is 7.43. The molecule has 1 aromatic rings. The second-order valence-electron chi connectivity index (χ2n) is 7.24. The zero-order valence-corrected chi connectivity index (χ0v) is 13.4. The van der Waals surface area contributed by atoms with E-state index in [-0.39, 0.29) is 11.3 Å². The van der Waals surface area contributed by atoms with Crippen LogP contribution < -0.4 is 5.32 Å². The molecule has 0 aliphatic carbocycles. The molecular formula is C15H23N5O3. The minimum atomic E-state index is -0.0352. The third kappa shape index (κ3) is 3.11. The van der Waals surface area contributed by atoms with Crippen molar-refractivity contribution in [3.63, 3.8) is 0 Å². The minimum absolute atomic E-state index is 0.0352. The summed E-state index contributed by atoms with van der Waals surface area (Å²) >= 11 is 0. The van der Waals surface area contributed by atoms with Crippen LogP contribution in [0.5, 0.6) is 0 Å². The van der Waals surface area contributed by atoms with Gasteiger partial charge in [0.2, 0.25) is 0 Å². The number of ether oxygens (including phenoxy) is 2. The molecule has 1 unspecified atom stereocenters. The Morgan fingerprint density at radius 2 is 2.22 bits per heavy atom. The van der Waals surface area contributed by atoms with Gasteiger partial charge in [-0.05, 0) is 6.42 Å². The summed E-state index contributed by atoms with van der Waals surface area (Å²) in [7, 11) is 0. The Morgan fingerprint density at radius 1 is 1.39 bits per heavy atom. The summed E-state index contributed by atoms with van der Waals surface area (Å²) in [5, 5.41) is 11.6. The van der Waals surface area contributed by atoms with Crippen LogP contribution in [0.2, 0.25) is 0 Å². The number of hydrogen-bond donors (Lipinski definition) is 1. The van der Waals surface area contributed by atoms with Crippen molar-refractivity contribution in [2.24, 2.45) is 5.41 Å². The summed E-state index contributed by atoms with van der Waals surface area (Å²) in [5.74, 6) is -0.0352. The van der Waals surface area contributed by atoms with E-state index in [9.17, 15) is 4.79 Å². The smallest absolute Gasteiger partial charge is 0.276 e. The molecule has 1 N–H and O–H groups in total. The quantitative estimate of drug-likeness (QED) is 0.789. The first-order chi connectivity index (χ1) is 11.1. The Balaban J connectivity index is 1.27. The van der Waals surface area contributed by atoms with Crippen LogP contribution in [-0.4, -0.2) is 77.4 Å². The predicted octanol–water partition coefficient (Wildman–Crippen LogP) is -0.482. The van der Waals surface area contributed by atoms with Crippen LogP contribution in [0.4, 0.5) is 0 Å². The van der Waals surface area contributed by atoms with Crippen LogP contribution in [0.15, 0.2) is 6.20 Å². The minimum Gasteiger partial charge on any atom is -0.380 e. The van der Waals surface area contributed by atoms with E-state index in [1.165, 1.54) is 0 Å². The second-order valence-corrected chi connectivity index (χ2v) is 7.24. The molecule has 3 aliphatic heterocycles. The number of carbonyl (C=O) groups is 1. The number of nitrogens with zero attached hydrogens (tertiary/aromatic N) is 4. The average Bonchev–Trinajstić information content (AvgIpc) is 3.11. The van der Waals surface area contributed by atoms with E-state index >= 15 is 0 Å². The van der Waals surface area contributed by atoms with Crippen molar-refractivity contribution in [3.05, 3.63) is 11.9 Å². The van der Waals surface area contributed by atoms with Gasteiger partial charge in [0.05, 0.1) is 32.6 Å². The molecule has 8 heteroatoms. The predicted molar refractivity (Wildman–Crippen MR) is 81.0 cm³/mol. The van der Waals surface area contributed by atoms with E-state index in [0.29, 0.717) is 17.8 Å². The summed E-state index contributed by atoms with van der Waals surface area (Å²) in [5.41, 5.74) is 0.542. The maximum atomic E-state index is 12.4. The summed E-state index contributed by atoms with van der Waals surface area (Å²) in [6.07, 6.45) is 2.80. The lowest BCUT2D eigenvalue weighted by Crippen LogP contribution is -2.61. The Hall–Kier alpha value is -1.51. The lowest BCUT2D eigenvalue weighted by atomic mass is 9.89. The molecule has 8 nitrogen and oxygen atoms in total. The van der Waals surface area contributed by atoms with E-state index in [0.717, 1.165) is 52.5 Å². The topological polar surface area (TPSA) is 81.5 Å². The highest BCUT2D eigenvalue weighted by Gasteiger charge is 2.36. The van der Waals surface area contributed by atoms with Gasteiger partial charge < -0.3 is 19.7 Å². The van der Waals surface area contributed by atoms with Crippen LogP contribution in [0, 0.1) is 5.41 Å². The summed E-state index contributed by atoms with van der Waals surface area (Å²) in [4.78, 5) is 14.2. The molecule has 3 fully saturated rings. The molecule has 0 saturated carbocycles. The number of aromatic nitrogens is 3. The van der Waals surface area contributed by atoms with Crippen molar-refractivity contribution in [2.75, 3.05) is 39.5 Å². The number of amides is 1. The molecule has 1 amide bonds. The third-order valence-corrected chi connectivity index (χ3v) is 4.77. The van der Waals surface area contributed by atoms with Crippen LogP contribution in [-0.2, 0) is 16.0 Å². The highest BCUT2D eigenvalue weighted by Crippen LogP contribution is 2.28. The molecule has 3 saturated heterocycles. The Bertz CT molecular complexity index is 573. The highest BCUT2D eigenvalue weighted by atomic mass is 16.5. The first-order valence-corrected chi connectivity index (χ1v) is 8.22. The van der Waals surface area contributed by atoms with E-state index in [1.54, 1.807) is 10.9 Å².